The summed E-state index contributed by atoms with van der Waals surface area (Å²) in [6.07, 6.45) is 1.88. The summed E-state index contributed by atoms with van der Waals surface area (Å²) in [6.45, 7) is 1.89. The molecule has 3 heterocycles. The van der Waals surface area contributed by atoms with Gasteiger partial charge in [-0.15, -0.1) is 10.2 Å². The van der Waals surface area contributed by atoms with Crippen molar-refractivity contribution in [2.75, 3.05) is 13.1 Å². The van der Waals surface area contributed by atoms with Crippen LogP contribution in [0.1, 0.15) is 30.2 Å². The molecule has 1 saturated heterocycles. The number of hydrogen-bond acceptors (Lipinski definition) is 5. The van der Waals surface area contributed by atoms with Crippen LogP contribution >= 0.6 is 11.3 Å². The van der Waals surface area contributed by atoms with E-state index in [2.05, 4.69) is 15.5 Å². The molecule has 4 rings (SSSR count). The summed E-state index contributed by atoms with van der Waals surface area (Å²) in [5.74, 6) is 1.25. The normalized spacial score (nSPS) is 17.2. The van der Waals surface area contributed by atoms with Crippen LogP contribution in [0.2, 0.25) is 0 Å². The van der Waals surface area contributed by atoms with Crippen molar-refractivity contribution in [1.29, 1.82) is 0 Å². The third-order valence-electron chi connectivity index (χ3n) is 4.55. The highest BCUT2D eigenvalue weighted by atomic mass is 32.1. The lowest BCUT2D eigenvalue weighted by Crippen LogP contribution is -2.44. The maximum atomic E-state index is 12.5. The zero-order chi connectivity index (χ0) is 17.8. The van der Waals surface area contributed by atoms with Crippen molar-refractivity contribution in [2.24, 2.45) is 0 Å². The fraction of sp³-hybridized carbons (Fsp3) is 0.316. The van der Waals surface area contributed by atoms with Crippen LogP contribution in [0.15, 0.2) is 51.6 Å². The molecule has 1 aliphatic rings. The molecule has 0 spiro atoms. The van der Waals surface area contributed by atoms with Gasteiger partial charge in [0.05, 0.1) is 5.92 Å². The summed E-state index contributed by atoms with van der Waals surface area (Å²) in [5.41, 5.74) is 2.04. The quantitative estimate of drug-likeness (QED) is 0.758. The number of nitrogens with zero attached hydrogens (tertiary/aromatic N) is 3. The average molecular weight is 368 g/mol. The Kier molecular flexibility index (Phi) is 4.97. The van der Waals surface area contributed by atoms with Gasteiger partial charge in [-0.3, -0.25) is 0 Å². The summed E-state index contributed by atoms with van der Waals surface area (Å²) in [6, 6.07) is 11.8. The second-order valence-corrected chi connectivity index (χ2v) is 7.17. The van der Waals surface area contributed by atoms with Crippen molar-refractivity contribution in [3.05, 3.63) is 58.6 Å². The minimum Gasteiger partial charge on any atom is -0.420 e. The van der Waals surface area contributed by atoms with Gasteiger partial charge in [-0.05, 0) is 29.9 Å². The molecule has 1 aliphatic heterocycles. The van der Waals surface area contributed by atoms with Crippen LogP contribution in [0, 0.1) is 0 Å². The van der Waals surface area contributed by atoms with Crippen LogP contribution in [-0.2, 0) is 6.54 Å². The van der Waals surface area contributed by atoms with Crippen LogP contribution in [0.4, 0.5) is 4.79 Å². The number of carbonyl (C=O) groups is 1. The Morgan fingerprint density at radius 2 is 2.15 bits per heavy atom. The molecular weight excluding hydrogens is 348 g/mol. The monoisotopic (exact) mass is 368 g/mol. The highest BCUT2D eigenvalue weighted by molar-refractivity contribution is 7.08. The molecule has 1 unspecified atom stereocenters. The minimum absolute atomic E-state index is 0.0453. The highest BCUT2D eigenvalue weighted by Crippen LogP contribution is 2.29. The number of nitrogens with one attached hydrogen (secondary N) is 1. The zero-order valence-corrected chi connectivity index (χ0v) is 15.1. The summed E-state index contributed by atoms with van der Waals surface area (Å²) >= 11 is 1.60. The first-order valence-electron chi connectivity index (χ1n) is 8.72. The summed E-state index contributed by atoms with van der Waals surface area (Å²) in [7, 11) is 0. The molecule has 1 fully saturated rings. The smallest absolute Gasteiger partial charge is 0.317 e. The summed E-state index contributed by atoms with van der Waals surface area (Å²) in [5, 5.41) is 15.3. The Morgan fingerprint density at radius 1 is 1.27 bits per heavy atom. The van der Waals surface area contributed by atoms with Crippen molar-refractivity contribution in [1.82, 2.24) is 20.4 Å². The Labute approximate surface area is 155 Å². The van der Waals surface area contributed by atoms with Crippen LogP contribution in [0.5, 0.6) is 0 Å². The number of rotatable bonds is 4. The standard InChI is InChI=1S/C19H20N4O2S/c24-19(20-11-14-5-2-1-3-6-14)23-9-4-7-15(12-23)17-21-22-18(25-17)16-8-10-26-13-16/h1-3,5-6,8,10,13,15H,4,7,9,11-12H2,(H,20,24). The fourth-order valence-corrected chi connectivity index (χ4v) is 3.78. The topological polar surface area (TPSA) is 71.3 Å². The van der Waals surface area contributed by atoms with E-state index in [1.54, 1.807) is 11.3 Å². The Hall–Kier alpha value is -2.67. The van der Waals surface area contributed by atoms with E-state index in [1.807, 2.05) is 52.1 Å². The van der Waals surface area contributed by atoms with Gasteiger partial charge in [0.1, 0.15) is 0 Å². The number of likely N-dealkylation sites (tertiary alicyclic amines) is 1. The van der Waals surface area contributed by atoms with E-state index in [0.29, 0.717) is 24.9 Å². The molecule has 1 N–H and O–H groups in total. The van der Waals surface area contributed by atoms with Crippen molar-refractivity contribution < 1.29 is 9.21 Å². The second kappa shape index (κ2) is 7.70. The molecule has 1 atom stereocenters. The van der Waals surface area contributed by atoms with E-state index in [9.17, 15) is 4.79 Å². The SMILES string of the molecule is O=C(NCc1ccccc1)N1CCCC(c2nnc(-c3ccsc3)o2)C1. The number of benzene rings is 1. The first-order valence-corrected chi connectivity index (χ1v) is 9.66. The molecule has 2 amide bonds. The lowest BCUT2D eigenvalue weighted by Gasteiger charge is -2.31. The molecule has 1 aromatic carbocycles. The van der Waals surface area contributed by atoms with Crippen molar-refractivity contribution in [2.45, 2.75) is 25.3 Å². The van der Waals surface area contributed by atoms with E-state index in [4.69, 9.17) is 4.42 Å². The maximum Gasteiger partial charge on any atom is 0.317 e. The lowest BCUT2D eigenvalue weighted by atomic mass is 9.98. The van der Waals surface area contributed by atoms with Gasteiger partial charge < -0.3 is 14.6 Å². The second-order valence-electron chi connectivity index (χ2n) is 6.39. The van der Waals surface area contributed by atoms with E-state index >= 15 is 0 Å². The number of thiophene rings is 1. The van der Waals surface area contributed by atoms with Gasteiger partial charge in [-0.2, -0.15) is 11.3 Å². The number of urea groups is 1. The zero-order valence-electron chi connectivity index (χ0n) is 14.3. The molecule has 0 aliphatic carbocycles. The first-order chi connectivity index (χ1) is 12.8. The first kappa shape index (κ1) is 16.8. The van der Waals surface area contributed by atoms with E-state index in [-0.39, 0.29) is 11.9 Å². The largest absolute Gasteiger partial charge is 0.420 e. The Bertz CT molecular complexity index is 848. The third-order valence-corrected chi connectivity index (χ3v) is 5.24. The Balaban J connectivity index is 1.37. The number of amides is 2. The van der Waals surface area contributed by atoms with E-state index in [0.717, 1.165) is 30.5 Å². The number of aromatic nitrogens is 2. The van der Waals surface area contributed by atoms with Gasteiger partial charge in [0.2, 0.25) is 11.8 Å². The van der Waals surface area contributed by atoms with Gasteiger partial charge in [0.15, 0.2) is 0 Å². The fourth-order valence-electron chi connectivity index (χ4n) is 3.15. The third kappa shape index (κ3) is 3.77. The average Bonchev–Trinajstić information content (AvgIpc) is 3.38. The molecule has 0 saturated carbocycles. The molecule has 6 nitrogen and oxygen atoms in total. The molecule has 134 valence electrons. The molecular formula is C19H20N4O2S. The minimum atomic E-state index is -0.0453. The van der Waals surface area contributed by atoms with Gasteiger partial charge in [0, 0.05) is 30.6 Å². The maximum absolute atomic E-state index is 12.5. The summed E-state index contributed by atoms with van der Waals surface area (Å²) < 4.78 is 5.85. The van der Waals surface area contributed by atoms with Gasteiger partial charge >= 0.3 is 6.03 Å². The Morgan fingerprint density at radius 3 is 2.96 bits per heavy atom. The molecule has 3 aromatic rings. The molecule has 2 aromatic heterocycles. The highest BCUT2D eigenvalue weighted by Gasteiger charge is 2.28. The van der Waals surface area contributed by atoms with Crippen LogP contribution in [0.25, 0.3) is 11.5 Å². The number of piperidine rings is 1. The van der Waals surface area contributed by atoms with Gasteiger partial charge in [0.25, 0.3) is 0 Å². The van der Waals surface area contributed by atoms with Gasteiger partial charge in [-0.25, -0.2) is 4.79 Å². The van der Waals surface area contributed by atoms with Crippen LogP contribution in [0.3, 0.4) is 0 Å². The summed E-state index contributed by atoms with van der Waals surface area (Å²) in [4.78, 5) is 14.3. The van der Waals surface area contributed by atoms with Crippen LogP contribution < -0.4 is 5.32 Å². The number of carbonyl (C=O) groups excluding carboxylic acids is 1. The van der Waals surface area contributed by atoms with Gasteiger partial charge in [-0.1, -0.05) is 30.3 Å². The van der Waals surface area contributed by atoms with Crippen molar-refractivity contribution in [3.8, 4) is 11.5 Å². The van der Waals surface area contributed by atoms with E-state index in [1.165, 1.54) is 0 Å². The predicted molar refractivity (Wildman–Crippen MR) is 99.8 cm³/mol. The van der Waals surface area contributed by atoms with Crippen molar-refractivity contribution in [3.63, 3.8) is 0 Å². The number of hydrogen-bond donors (Lipinski definition) is 1. The van der Waals surface area contributed by atoms with Crippen molar-refractivity contribution >= 4 is 17.4 Å². The molecule has 0 bridgehead atoms. The molecule has 0 radical (unpaired) electrons. The lowest BCUT2D eigenvalue weighted by molar-refractivity contribution is 0.174. The molecule has 7 heteroatoms. The predicted octanol–water partition coefficient (Wildman–Crippen LogP) is 3.89. The molecule has 26 heavy (non-hydrogen) atoms. The van der Waals surface area contributed by atoms with E-state index < -0.39 is 0 Å². The van der Waals surface area contributed by atoms with Crippen LogP contribution in [-0.4, -0.2) is 34.2 Å².